The Kier molecular flexibility index (Phi) is 10.6. The maximum atomic E-state index is 14.4. The minimum absolute atomic E-state index is 0.114. The molecule has 6 rings (SSSR count). The van der Waals surface area contributed by atoms with Gasteiger partial charge in [0, 0.05) is 38.8 Å². The summed E-state index contributed by atoms with van der Waals surface area (Å²) in [6.45, 7) is 8.83. The molecule has 2 amide bonds. The third kappa shape index (κ3) is 7.00. The highest BCUT2D eigenvalue weighted by atomic mass is 32.2. The van der Waals surface area contributed by atoms with E-state index in [1.165, 1.54) is 17.6 Å². The van der Waals surface area contributed by atoms with E-state index < -0.39 is 16.1 Å². The third-order valence-corrected chi connectivity index (χ3v) is 12.7. The number of ether oxygens (including phenoxy) is 2. The number of hydrogen-bond donors (Lipinski definition) is 1. The number of nitrogens with zero attached hydrogens (tertiary/aromatic N) is 4. The van der Waals surface area contributed by atoms with Gasteiger partial charge in [-0.3, -0.25) is 19.4 Å². The van der Waals surface area contributed by atoms with Crippen LogP contribution in [0.15, 0.2) is 70.9 Å². The minimum Gasteiger partial charge on any atom is -0.493 e. The molecule has 2 atom stereocenters. The molecular formula is C37H43N5O6S2. The lowest BCUT2D eigenvalue weighted by molar-refractivity contribution is 0.0572. The molecule has 2 aliphatic rings. The van der Waals surface area contributed by atoms with Crippen LogP contribution < -0.4 is 19.1 Å². The van der Waals surface area contributed by atoms with Gasteiger partial charge in [-0.15, -0.1) is 11.3 Å². The number of hydrogen-bond acceptors (Lipinski definition) is 10. The molecule has 264 valence electrons. The van der Waals surface area contributed by atoms with E-state index >= 15 is 0 Å². The fourth-order valence-corrected chi connectivity index (χ4v) is 9.56. The number of piperazine rings is 1. The van der Waals surface area contributed by atoms with Crippen molar-refractivity contribution in [3.05, 3.63) is 99.7 Å². The molecule has 1 saturated heterocycles. The number of nitrogens with one attached hydrogen (secondary N) is 1. The number of fused-ring (bicyclic) bond motifs is 1. The minimum atomic E-state index is -3.77. The van der Waals surface area contributed by atoms with Crippen molar-refractivity contribution in [1.82, 2.24) is 19.5 Å². The van der Waals surface area contributed by atoms with Gasteiger partial charge in [-0.05, 0) is 69.0 Å². The summed E-state index contributed by atoms with van der Waals surface area (Å²) in [6.07, 6.45) is 0.673. The number of anilines is 1. The number of sulfonamides is 1. The van der Waals surface area contributed by atoms with Gasteiger partial charge < -0.3 is 14.4 Å². The molecule has 1 fully saturated rings. The average Bonchev–Trinajstić information content (AvgIpc) is 3.62. The molecule has 1 N–H and O–H groups in total. The lowest BCUT2D eigenvalue weighted by Crippen LogP contribution is -2.47. The highest BCUT2D eigenvalue weighted by Gasteiger charge is 2.43. The predicted octanol–water partition coefficient (Wildman–Crippen LogP) is 5.76. The lowest BCUT2D eigenvalue weighted by Gasteiger charge is -2.39. The van der Waals surface area contributed by atoms with Gasteiger partial charge in [0.1, 0.15) is 0 Å². The fourth-order valence-electron chi connectivity index (χ4n) is 6.96. The monoisotopic (exact) mass is 717 g/mol. The van der Waals surface area contributed by atoms with E-state index in [0.29, 0.717) is 64.8 Å². The van der Waals surface area contributed by atoms with Crippen LogP contribution >= 0.6 is 11.3 Å². The number of benzene rings is 3. The second-order valence-corrected chi connectivity index (χ2v) is 15.7. The smallest absolute Gasteiger partial charge is 0.264 e. The number of carbonyl (C=O) groups excluding carboxylic acids is 2. The third-order valence-electron chi connectivity index (χ3n) is 9.56. The number of methoxy groups -OCH3 is 2. The molecule has 0 saturated carbocycles. The van der Waals surface area contributed by atoms with Crippen LogP contribution in [0.1, 0.15) is 74.4 Å². The molecular weight excluding hydrogens is 675 g/mol. The Morgan fingerprint density at radius 3 is 2.26 bits per heavy atom. The van der Waals surface area contributed by atoms with E-state index in [1.807, 2.05) is 24.3 Å². The van der Waals surface area contributed by atoms with Crippen molar-refractivity contribution < 1.29 is 27.5 Å². The number of thiazole rings is 1. The quantitative estimate of drug-likeness (QED) is 0.136. The van der Waals surface area contributed by atoms with Gasteiger partial charge in [0.15, 0.2) is 15.7 Å². The fraction of sp³-hybridized carbons (Fsp3) is 0.378. The van der Waals surface area contributed by atoms with Crippen LogP contribution in [-0.2, 0) is 10.0 Å². The van der Waals surface area contributed by atoms with Gasteiger partial charge in [-0.2, -0.15) is 0 Å². The molecule has 11 nitrogen and oxygen atoms in total. The highest BCUT2D eigenvalue weighted by Crippen LogP contribution is 2.41. The van der Waals surface area contributed by atoms with Gasteiger partial charge in [0.2, 0.25) is 0 Å². The molecule has 13 heteroatoms. The second kappa shape index (κ2) is 14.9. The molecule has 3 aromatic carbocycles. The van der Waals surface area contributed by atoms with Gasteiger partial charge in [-0.1, -0.05) is 42.5 Å². The van der Waals surface area contributed by atoms with Crippen LogP contribution in [0.3, 0.4) is 0 Å². The van der Waals surface area contributed by atoms with Gasteiger partial charge in [0.25, 0.3) is 21.8 Å². The van der Waals surface area contributed by atoms with Crippen LogP contribution in [0.4, 0.5) is 5.69 Å². The molecule has 1 aromatic heterocycles. The van der Waals surface area contributed by atoms with E-state index in [-0.39, 0.29) is 28.6 Å². The molecule has 0 radical (unpaired) electrons. The first kappa shape index (κ1) is 35.5. The molecule has 50 heavy (non-hydrogen) atoms. The van der Waals surface area contributed by atoms with Crippen LogP contribution in [0.5, 0.6) is 11.5 Å². The molecule has 4 aromatic rings. The maximum absolute atomic E-state index is 14.4. The summed E-state index contributed by atoms with van der Waals surface area (Å²) in [4.78, 5) is 38.8. The first-order valence-electron chi connectivity index (χ1n) is 16.7. The van der Waals surface area contributed by atoms with Crippen LogP contribution in [0, 0.1) is 13.8 Å². The van der Waals surface area contributed by atoms with Crippen molar-refractivity contribution in [1.29, 1.82) is 0 Å². The van der Waals surface area contributed by atoms with E-state index in [1.54, 1.807) is 39.2 Å². The standard InChI is InChI=1S/C37H43N5O6S2/c1-24-37(49-26(3)39-24)50(45,46)38-18-10-15-30(28-16-17-32(47-4)33(23-28)48-5)42-35(43)29-13-9-14-31(34(29)36(42)44)41-21-19-40(20-22-41)25(2)27-11-7-6-8-12-27/h6-9,11-14,16-17,23,25,30,38H,10,15,18-22H2,1-5H3/t25?,30-/m1/s1. The lowest BCUT2D eigenvalue weighted by atomic mass is 9.99. The summed E-state index contributed by atoms with van der Waals surface area (Å²) in [7, 11) is -0.693. The van der Waals surface area contributed by atoms with Crippen molar-refractivity contribution >= 4 is 38.9 Å². The average molecular weight is 718 g/mol. The predicted molar refractivity (Wildman–Crippen MR) is 194 cm³/mol. The summed E-state index contributed by atoms with van der Waals surface area (Å²) in [5, 5.41) is 0.671. The summed E-state index contributed by atoms with van der Waals surface area (Å²) < 4.78 is 40.0. The second-order valence-electron chi connectivity index (χ2n) is 12.6. The Morgan fingerprint density at radius 1 is 0.880 bits per heavy atom. The molecule has 3 heterocycles. The topological polar surface area (TPSA) is 121 Å². The van der Waals surface area contributed by atoms with E-state index in [9.17, 15) is 18.0 Å². The van der Waals surface area contributed by atoms with Crippen LogP contribution in [-0.4, -0.2) is 82.0 Å². The zero-order valence-corrected chi connectivity index (χ0v) is 30.6. The van der Waals surface area contributed by atoms with Crippen molar-refractivity contribution in [3.63, 3.8) is 0 Å². The van der Waals surface area contributed by atoms with Crippen molar-refractivity contribution in [2.45, 2.75) is 49.9 Å². The number of aromatic nitrogens is 1. The number of rotatable bonds is 13. The maximum Gasteiger partial charge on any atom is 0.264 e. The summed E-state index contributed by atoms with van der Waals surface area (Å²) in [5.74, 6) is 0.242. The Morgan fingerprint density at radius 2 is 1.60 bits per heavy atom. The number of imide groups is 1. The summed E-state index contributed by atoms with van der Waals surface area (Å²) in [6, 6.07) is 20.8. The molecule has 1 unspecified atom stereocenters. The number of carbonyl (C=O) groups is 2. The summed E-state index contributed by atoms with van der Waals surface area (Å²) in [5.41, 5.74) is 3.93. The number of amides is 2. The van der Waals surface area contributed by atoms with E-state index in [4.69, 9.17) is 9.47 Å². The van der Waals surface area contributed by atoms with Gasteiger partial charge in [-0.25, -0.2) is 18.1 Å². The number of aryl methyl sites for hydroxylation is 2. The van der Waals surface area contributed by atoms with Gasteiger partial charge in [0.05, 0.1) is 47.8 Å². The molecule has 0 spiro atoms. The molecule has 2 aliphatic heterocycles. The zero-order chi connectivity index (χ0) is 35.6. The Labute approximate surface area is 297 Å². The normalized spacial score (nSPS) is 16.4. The molecule has 0 bridgehead atoms. The van der Waals surface area contributed by atoms with Crippen LogP contribution in [0.2, 0.25) is 0 Å². The van der Waals surface area contributed by atoms with E-state index in [2.05, 4.69) is 50.7 Å². The van der Waals surface area contributed by atoms with Crippen molar-refractivity contribution in [2.75, 3.05) is 51.8 Å². The van der Waals surface area contributed by atoms with Crippen molar-refractivity contribution in [2.24, 2.45) is 0 Å². The van der Waals surface area contributed by atoms with E-state index in [0.717, 1.165) is 30.1 Å². The summed E-state index contributed by atoms with van der Waals surface area (Å²) >= 11 is 1.13. The SMILES string of the molecule is COc1ccc([C@@H](CCCNS(=O)(=O)c2sc(C)nc2C)N2C(=O)c3cccc(N4CCN(C(C)c5ccccc5)CC4)c3C2=O)cc1OC. The Bertz CT molecular complexity index is 1980. The first-order valence-corrected chi connectivity index (χ1v) is 19.0. The largest absolute Gasteiger partial charge is 0.493 e. The van der Waals surface area contributed by atoms with Crippen molar-refractivity contribution in [3.8, 4) is 11.5 Å². The highest BCUT2D eigenvalue weighted by molar-refractivity contribution is 7.91. The first-order chi connectivity index (χ1) is 24.0. The Hall–Kier alpha value is -4.30. The van der Waals surface area contributed by atoms with Crippen LogP contribution in [0.25, 0.3) is 0 Å². The van der Waals surface area contributed by atoms with Gasteiger partial charge >= 0.3 is 0 Å². The zero-order valence-electron chi connectivity index (χ0n) is 29.0. The Balaban J connectivity index is 1.24. The molecule has 0 aliphatic carbocycles.